The van der Waals surface area contributed by atoms with Gasteiger partial charge >= 0.3 is 5.97 Å². The van der Waals surface area contributed by atoms with E-state index in [-0.39, 0.29) is 23.3 Å². The predicted octanol–water partition coefficient (Wildman–Crippen LogP) is 2.11. The van der Waals surface area contributed by atoms with Crippen molar-refractivity contribution >= 4 is 17.4 Å². The van der Waals surface area contributed by atoms with Crippen molar-refractivity contribution in [3.05, 3.63) is 29.8 Å². The second-order valence-electron chi connectivity index (χ2n) is 9.00. The van der Waals surface area contributed by atoms with E-state index >= 15 is 0 Å². The standard InChI is InChI=1S/C21H24N2O3/c1-26-18(25)20-9-8-19-7-4-10-23-12-14(16(24)11-19)21(20,17(19)23)13-5-2-3-6-15(13)22-20/h2-3,5-6,14,17,22H,4,7-12H2,1H3/t14?,17-,19+,20-,21-/m0/s1. The first kappa shape index (κ1) is 15.2. The van der Waals surface area contributed by atoms with Gasteiger partial charge in [-0.15, -0.1) is 0 Å². The zero-order valence-corrected chi connectivity index (χ0v) is 15.1. The second-order valence-corrected chi connectivity index (χ2v) is 9.00. The lowest BCUT2D eigenvalue weighted by Crippen LogP contribution is -2.75. The fourth-order valence-corrected chi connectivity index (χ4v) is 7.77. The van der Waals surface area contributed by atoms with Crippen LogP contribution < -0.4 is 5.32 Å². The summed E-state index contributed by atoms with van der Waals surface area (Å²) in [5.41, 5.74) is 0.915. The Bertz CT molecular complexity index is 853. The Morgan fingerprint density at radius 2 is 2.12 bits per heavy atom. The number of methoxy groups -OCH3 is 1. The molecule has 1 spiro atoms. The number of carbonyl (C=O) groups is 2. The molecule has 0 aromatic heterocycles. The maximum Gasteiger partial charge on any atom is 0.332 e. The van der Waals surface area contributed by atoms with Gasteiger partial charge in [0, 0.05) is 30.6 Å². The number of Topliss-reactive ketones (excluding diaryl/α,β-unsaturated/α-hetero) is 1. The van der Waals surface area contributed by atoms with Crippen molar-refractivity contribution in [3.63, 3.8) is 0 Å². The summed E-state index contributed by atoms with van der Waals surface area (Å²) in [5, 5.41) is 3.60. The third-order valence-electron chi connectivity index (χ3n) is 8.34. The second kappa shape index (κ2) is 4.50. The van der Waals surface area contributed by atoms with Gasteiger partial charge in [0.1, 0.15) is 11.3 Å². The first-order chi connectivity index (χ1) is 12.6. The molecule has 5 nitrogen and oxygen atoms in total. The van der Waals surface area contributed by atoms with E-state index in [1.165, 1.54) is 12.7 Å². The lowest BCUT2D eigenvalue weighted by atomic mass is 9.41. The van der Waals surface area contributed by atoms with Crippen LogP contribution in [-0.4, -0.2) is 48.4 Å². The number of rotatable bonds is 1. The third kappa shape index (κ3) is 1.33. The summed E-state index contributed by atoms with van der Waals surface area (Å²) < 4.78 is 5.36. The van der Waals surface area contributed by atoms with E-state index in [0.29, 0.717) is 12.2 Å². The average Bonchev–Trinajstić information content (AvgIpc) is 3.14. The van der Waals surface area contributed by atoms with Crippen molar-refractivity contribution in [2.45, 2.75) is 49.1 Å². The number of fused-ring (bicyclic) bond motifs is 1. The van der Waals surface area contributed by atoms with Crippen LogP contribution in [0.1, 0.15) is 37.7 Å². The number of piperidine rings is 1. The zero-order valence-electron chi connectivity index (χ0n) is 15.1. The van der Waals surface area contributed by atoms with Gasteiger partial charge < -0.3 is 10.1 Å². The van der Waals surface area contributed by atoms with E-state index in [4.69, 9.17) is 4.74 Å². The Hall–Kier alpha value is -1.88. The first-order valence-corrected chi connectivity index (χ1v) is 9.82. The molecular weight excluding hydrogens is 328 g/mol. The fourth-order valence-electron chi connectivity index (χ4n) is 7.77. The van der Waals surface area contributed by atoms with Crippen molar-refractivity contribution in [1.29, 1.82) is 0 Å². The van der Waals surface area contributed by atoms with Crippen molar-refractivity contribution < 1.29 is 14.3 Å². The highest BCUT2D eigenvalue weighted by atomic mass is 16.5. The van der Waals surface area contributed by atoms with Gasteiger partial charge in [-0.2, -0.15) is 0 Å². The molecule has 136 valence electrons. The van der Waals surface area contributed by atoms with Gasteiger partial charge in [-0.25, -0.2) is 4.79 Å². The molecule has 2 saturated carbocycles. The van der Waals surface area contributed by atoms with Crippen molar-refractivity contribution in [1.82, 2.24) is 4.90 Å². The van der Waals surface area contributed by atoms with Crippen LogP contribution in [0.25, 0.3) is 0 Å². The summed E-state index contributed by atoms with van der Waals surface area (Å²) in [5.74, 6) is 0.0424. The van der Waals surface area contributed by atoms with Gasteiger partial charge in [0.2, 0.25) is 0 Å². The largest absolute Gasteiger partial charge is 0.467 e. The number of ether oxygens (including phenoxy) is 1. The van der Waals surface area contributed by atoms with Crippen LogP contribution in [0, 0.1) is 11.3 Å². The van der Waals surface area contributed by atoms with Gasteiger partial charge in [0.15, 0.2) is 0 Å². The molecule has 4 bridgehead atoms. The Morgan fingerprint density at radius 1 is 1.27 bits per heavy atom. The molecule has 0 amide bonds. The van der Waals surface area contributed by atoms with Crippen LogP contribution >= 0.6 is 0 Å². The van der Waals surface area contributed by atoms with Crippen LogP contribution in [0.5, 0.6) is 0 Å². The molecule has 5 atom stereocenters. The van der Waals surface area contributed by atoms with Gasteiger partial charge in [-0.3, -0.25) is 9.69 Å². The van der Waals surface area contributed by atoms with Crippen LogP contribution in [0.3, 0.4) is 0 Å². The number of nitrogens with one attached hydrogen (secondary N) is 1. The van der Waals surface area contributed by atoms with Gasteiger partial charge in [0.25, 0.3) is 0 Å². The molecule has 5 aliphatic rings. The molecule has 26 heavy (non-hydrogen) atoms. The zero-order chi connectivity index (χ0) is 17.7. The molecule has 1 unspecified atom stereocenters. The van der Waals surface area contributed by atoms with Crippen molar-refractivity contribution in [2.75, 3.05) is 25.5 Å². The van der Waals surface area contributed by atoms with E-state index in [2.05, 4.69) is 22.3 Å². The number of carbonyl (C=O) groups excluding carboxylic acids is 2. The number of ketones is 1. The average molecular weight is 352 g/mol. The maximum atomic E-state index is 13.4. The molecule has 1 aromatic rings. The molecular formula is C21H24N2O3. The van der Waals surface area contributed by atoms with Gasteiger partial charge in [0.05, 0.1) is 12.5 Å². The molecule has 3 aliphatic heterocycles. The fraction of sp³-hybridized carbons (Fsp3) is 0.619. The minimum atomic E-state index is -0.813. The Balaban J connectivity index is 1.71. The Morgan fingerprint density at radius 3 is 2.96 bits per heavy atom. The van der Waals surface area contributed by atoms with Crippen LogP contribution in [0.2, 0.25) is 0 Å². The first-order valence-electron chi connectivity index (χ1n) is 9.82. The highest BCUT2D eigenvalue weighted by Crippen LogP contribution is 2.72. The maximum absolute atomic E-state index is 13.4. The van der Waals surface area contributed by atoms with Gasteiger partial charge in [-0.05, 0) is 49.3 Å². The van der Waals surface area contributed by atoms with E-state index in [1.54, 1.807) is 0 Å². The monoisotopic (exact) mass is 352 g/mol. The summed E-state index contributed by atoms with van der Waals surface area (Å²) in [4.78, 5) is 29.2. The number of esters is 1. The molecule has 2 saturated heterocycles. The molecule has 1 aromatic carbocycles. The smallest absolute Gasteiger partial charge is 0.332 e. The number of hydrogen-bond donors (Lipinski definition) is 1. The van der Waals surface area contributed by atoms with Crippen LogP contribution in [-0.2, 0) is 19.7 Å². The minimum absolute atomic E-state index is 0.0268. The van der Waals surface area contributed by atoms with Crippen LogP contribution in [0.15, 0.2) is 24.3 Å². The Kier molecular flexibility index (Phi) is 2.63. The van der Waals surface area contributed by atoms with E-state index in [9.17, 15) is 9.59 Å². The number of hydrogen-bond acceptors (Lipinski definition) is 5. The van der Waals surface area contributed by atoms with E-state index in [1.807, 2.05) is 12.1 Å². The van der Waals surface area contributed by atoms with E-state index in [0.717, 1.165) is 44.5 Å². The summed E-state index contributed by atoms with van der Waals surface area (Å²) >= 11 is 0. The van der Waals surface area contributed by atoms with Gasteiger partial charge in [-0.1, -0.05) is 18.2 Å². The van der Waals surface area contributed by atoms with E-state index < -0.39 is 11.0 Å². The molecule has 1 N–H and O–H groups in total. The molecule has 2 aliphatic carbocycles. The predicted molar refractivity (Wildman–Crippen MR) is 95.9 cm³/mol. The summed E-state index contributed by atoms with van der Waals surface area (Å²) in [6.45, 7) is 1.83. The Labute approximate surface area is 153 Å². The van der Waals surface area contributed by atoms with Crippen molar-refractivity contribution in [2.24, 2.45) is 11.3 Å². The number of para-hydroxylation sites is 1. The highest BCUT2D eigenvalue weighted by Gasteiger charge is 2.81. The molecule has 6 rings (SSSR count). The lowest BCUT2D eigenvalue weighted by molar-refractivity contribution is -0.163. The SMILES string of the molecule is COC(=O)[C@@]12CC[C@]34CCCN5CC(C(=O)C3)[C@@]1(c1ccccc1N2)[C@@H]54. The normalized spacial score (nSPS) is 44.9. The number of anilines is 1. The summed E-state index contributed by atoms with van der Waals surface area (Å²) in [6.07, 6.45) is 4.63. The number of benzene rings is 1. The lowest BCUT2D eigenvalue weighted by Gasteiger charge is -2.63. The van der Waals surface area contributed by atoms with Crippen LogP contribution in [0.4, 0.5) is 5.69 Å². The number of nitrogens with zero attached hydrogens (tertiary/aromatic N) is 1. The summed E-state index contributed by atoms with van der Waals surface area (Å²) in [6, 6.07) is 8.52. The summed E-state index contributed by atoms with van der Waals surface area (Å²) in [7, 11) is 1.48. The topological polar surface area (TPSA) is 58.6 Å². The molecule has 3 heterocycles. The van der Waals surface area contributed by atoms with Crippen molar-refractivity contribution in [3.8, 4) is 0 Å². The minimum Gasteiger partial charge on any atom is -0.467 e. The third-order valence-corrected chi connectivity index (χ3v) is 8.34. The highest BCUT2D eigenvalue weighted by molar-refractivity contribution is 5.98. The quantitative estimate of drug-likeness (QED) is 0.785. The molecule has 4 fully saturated rings. The molecule has 0 radical (unpaired) electrons. The molecule has 5 heteroatoms.